The number of nitrogens with one attached hydrogen (secondary N) is 1. The molecule has 5 nitrogen and oxygen atoms in total. The third kappa shape index (κ3) is 2.67. The molecule has 21 heavy (non-hydrogen) atoms. The SMILES string of the molecule is Cc1cc(C(=O)Nc2ccc(Br)cc2)c2c(C)noc2n1. The highest BCUT2D eigenvalue weighted by Gasteiger charge is 2.17. The minimum atomic E-state index is -0.209. The molecule has 0 unspecified atom stereocenters. The van der Waals surface area contributed by atoms with Crippen LogP contribution in [0.4, 0.5) is 5.69 Å². The van der Waals surface area contributed by atoms with Gasteiger partial charge in [-0.3, -0.25) is 4.79 Å². The van der Waals surface area contributed by atoms with Gasteiger partial charge in [-0.1, -0.05) is 21.1 Å². The maximum atomic E-state index is 12.5. The summed E-state index contributed by atoms with van der Waals surface area (Å²) in [5.74, 6) is -0.209. The van der Waals surface area contributed by atoms with E-state index in [1.54, 1.807) is 13.0 Å². The molecule has 0 spiro atoms. The van der Waals surface area contributed by atoms with Crippen molar-refractivity contribution in [2.45, 2.75) is 13.8 Å². The second-order valence-corrected chi connectivity index (χ2v) is 5.64. The Morgan fingerprint density at radius 3 is 2.67 bits per heavy atom. The highest BCUT2D eigenvalue weighted by molar-refractivity contribution is 9.10. The zero-order valence-corrected chi connectivity index (χ0v) is 13.1. The second kappa shape index (κ2) is 5.29. The van der Waals surface area contributed by atoms with E-state index in [9.17, 15) is 4.79 Å². The Kier molecular flexibility index (Phi) is 3.47. The van der Waals surface area contributed by atoms with E-state index in [4.69, 9.17) is 4.52 Å². The number of hydrogen-bond donors (Lipinski definition) is 1. The number of nitrogens with zero attached hydrogens (tertiary/aromatic N) is 2. The van der Waals surface area contributed by atoms with Crippen LogP contribution in [0.3, 0.4) is 0 Å². The Hall–Kier alpha value is -2.21. The van der Waals surface area contributed by atoms with Crippen LogP contribution in [0, 0.1) is 13.8 Å². The topological polar surface area (TPSA) is 68.0 Å². The molecule has 2 aromatic heterocycles. The van der Waals surface area contributed by atoms with Crippen LogP contribution >= 0.6 is 15.9 Å². The molecule has 0 saturated heterocycles. The minimum absolute atomic E-state index is 0.209. The summed E-state index contributed by atoms with van der Waals surface area (Å²) in [4.78, 5) is 16.7. The van der Waals surface area contributed by atoms with Gasteiger partial charge in [0.2, 0.25) is 0 Å². The van der Waals surface area contributed by atoms with E-state index >= 15 is 0 Å². The largest absolute Gasteiger partial charge is 0.336 e. The number of carbonyl (C=O) groups excluding carboxylic acids is 1. The fourth-order valence-electron chi connectivity index (χ4n) is 2.13. The van der Waals surface area contributed by atoms with Crippen LogP contribution in [0.1, 0.15) is 21.7 Å². The highest BCUT2D eigenvalue weighted by Crippen LogP contribution is 2.23. The predicted octanol–water partition coefficient (Wildman–Crippen LogP) is 3.85. The molecule has 2 heterocycles. The van der Waals surface area contributed by atoms with Crippen molar-refractivity contribution < 1.29 is 9.32 Å². The predicted molar refractivity (Wildman–Crippen MR) is 83.4 cm³/mol. The highest BCUT2D eigenvalue weighted by atomic mass is 79.9. The van der Waals surface area contributed by atoms with Gasteiger partial charge in [0.05, 0.1) is 16.6 Å². The normalized spacial score (nSPS) is 10.8. The lowest BCUT2D eigenvalue weighted by Gasteiger charge is -2.07. The van der Waals surface area contributed by atoms with Gasteiger partial charge in [-0.25, -0.2) is 4.98 Å². The number of aryl methyl sites for hydroxylation is 2. The van der Waals surface area contributed by atoms with E-state index in [0.717, 1.165) is 10.2 Å². The van der Waals surface area contributed by atoms with Crippen LogP contribution in [0.15, 0.2) is 39.3 Å². The number of halogens is 1. The summed E-state index contributed by atoms with van der Waals surface area (Å²) in [7, 11) is 0. The van der Waals surface area contributed by atoms with Gasteiger partial charge in [-0.15, -0.1) is 0 Å². The van der Waals surface area contributed by atoms with Gasteiger partial charge in [0.15, 0.2) is 0 Å². The third-order valence-corrected chi connectivity index (χ3v) is 3.62. The summed E-state index contributed by atoms with van der Waals surface area (Å²) in [5, 5.41) is 7.39. The van der Waals surface area contributed by atoms with Gasteiger partial charge in [-0.2, -0.15) is 0 Å². The lowest BCUT2D eigenvalue weighted by Crippen LogP contribution is -2.13. The van der Waals surface area contributed by atoms with Crippen molar-refractivity contribution in [2.24, 2.45) is 0 Å². The summed E-state index contributed by atoms with van der Waals surface area (Å²) in [6.45, 7) is 3.60. The monoisotopic (exact) mass is 345 g/mol. The molecule has 3 rings (SSSR count). The molecule has 0 aliphatic carbocycles. The molecule has 106 valence electrons. The van der Waals surface area contributed by atoms with E-state index in [0.29, 0.717) is 28.1 Å². The van der Waals surface area contributed by atoms with Crippen molar-refractivity contribution in [1.82, 2.24) is 10.1 Å². The van der Waals surface area contributed by atoms with Gasteiger partial charge in [0.25, 0.3) is 11.6 Å². The molecule has 0 bridgehead atoms. The van der Waals surface area contributed by atoms with Crippen LogP contribution in [0.25, 0.3) is 11.1 Å². The van der Waals surface area contributed by atoms with E-state index in [1.165, 1.54) is 0 Å². The Labute approximate surface area is 129 Å². The first-order valence-electron chi connectivity index (χ1n) is 6.35. The number of amides is 1. The van der Waals surface area contributed by atoms with Crippen LogP contribution in [0.5, 0.6) is 0 Å². The Morgan fingerprint density at radius 2 is 1.95 bits per heavy atom. The van der Waals surface area contributed by atoms with E-state index in [1.807, 2.05) is 31.2 Å². The first kappa shape index (κ1) is 13.8. The molecule has 0 radical (unpaired) electrons. The Morgan fingerprint density at radius 1 is 1.24 bits per heavy atom. The molecule has 1 N–H and O–H groups in total. The number of rotatable bonds is 2. The Balaban J connectivity index is 2.01. The number of carbonyl (C=O) groups is 1. The van der Waals surface area contributed by atoms with Crippen molar-refractivity contribution in [2.75, 3.05) is 5.32 Å². The molecule has 0 aliphatic heterocycles. The summed E-state index contributed by atoms with van der Waals surface area (Å²) in [6, 6.07) is 9.13. The maximum absolute atomic E-state index is 12.5. The molecule has 0 fully saturated rings. The Bertz CT molecular complexity index is 825. The number of anilines is 1. The second-order valence-electron chi connectivity index (χ2n) is 4.72. The van der Waals surface area contributed by atoms with E-state index in [2.05, 4.69) is 31.4 Å². The first-order chi connectivity index (χ1) is 10.0. The maximum Gasteiger partial charge on any atom is 0.258 e. The van der Waals surface area contributed by atoms with Gasteiger partial charge in [0.1, 0.15) is 0 Å². The average molecular weight is 346 g/mol. The average Bonchev–Trinajstić information content (AvgIpc) is 2.82. The zero-order chi connectivity index (χ0) is 15.0. The number of hydrogen-bond acceptors (Lipinski definition) is 4. The van der Waals surface area contributed by atoms with Crippen molar-refractivity contribution in [3.63, 3.8) is 0 Å². The fraction of sp³-hybridized carbons (Fsp3) is 0.133. The molecule has 1 aromatic carbocycles. The molecular weight excluding hydrogens is 334 g/mol. The first-order valence-corrected chi connectivity index (χ1v) is 7.14. The summed E-state index contributed by atoms with van der Waals surface area (Å²) in [6.07, 6.45) is 0. The molecule has 3 aromatic rings. The standard InChI is InChI=1S/C15H12BrN3O2/c1-8-7-12(13-9(2)19-21-15(13)17-8)14(20)18-11-5-3-10(16)4-6-11/h3-7H,1-2H3,(H,18,20). The van der Waals surface area contributed by atoms with Crippen molar-refractivity contribution in [3.8, 4) is 0 Å². The van der Waals surface area contributed by atoms with Crippen LogP contribution in [0.2, 0.25) is 0 Å². The van der Waals surface area contributed by atoms with Crippen LogP contribution in [-0.4, -0.2) is 16.0 Å². The number of aromatic nitrogens is 2. The van der Waals surface area contributed by atoms with Gasteiger partial charge < -0.3 is 9.84 Å². The van der Waals surface area contributed by atoms with Gasteiger partial charge in [0, 0.05) is 15.9 Å². The van der Waals surface area contributed by atoms with Crippen molar-refractivity contribution >= 4 is 38.6 Å². The number of fused-ring (bicyclic) bond motifs is 1. The minimum Gasteiger partial charge on any atom is -0.336 e. The molecule has 0 aliphatic rings. The lowest BCUT2D eigenvalue weighted by molar-refractivity contribution is 0.102. The van der Waals surface area contributed by atoms with Crippen LogP contribution in [-0.2, 0) is 0 Å². The number of pyridine rings is 1. The zero-order valence-electron chi connectivity index (χ0n) is 11.5. The quantitative estimate of drug-likeness (QED) is 0.765. The number of benzene rings is 1. The molecule has 0 atom stereocenters. The summed E-state index contributed by atoms with van der Waals surface area (Å²) >= 11 is 3.36. The summed E-state index contributed by atoms with van der Waals surface area (Å²) in [5.41, 5.74) is 2.98. The van der Waals surface area contributed by atoms with Crippen molar-refractivity contribution in [1.29, 1.82) is 0 Å². The van der Waals surface area contributed by atoms with Gasteiger partial charge in [-0.05, 0) is 44.2 Å². The third-order valence-electron chi connectivity index (χ3n) is 3.09. The lowest BCUT2D eigenvalue weighted by atomic mass is 10.1. The van der Waals surface area contributed by atoms with Crippen LogP contribution < -0.4 is 5.32 Å². The molecule has 0 saturated carbocycles. The molecule has 6 heteroatoms. The summed E-state index contributed by atoms with van der Waals surface area (Å²) < 4.78 is 6.10. The smallest absolute Gasteiger partial charge is 0.258 e. The van der Waals surface area contributed by atoms with Gasteiger partial charge >= 0.3 is 0 Å². The van der Waals surface area contributed by atoms with Crippen molar-refractivity contribution in [3.05, 3.63) is 51.8 Å². The fourth-order valence-corrected chi connectivity index (χ4v) is 2.39. The van der Waals surface area contributed by atoms with E-state index in [-0.39, 0.29) is 5.91 Å². The molecule has 1 amide bonds. The van der Waals surface area contributed by atoms with E-state index < -0.39 is 0 Å². The molecular formula is C15H12BrN3O2.